The van der Waals surface area contributed by atoms with Gasteiger partial charge in [0.1, 0.15) is 11.6 Å². The van der Waals surface area contributed by atoms with Crippen LogP contribution in [0.2, 0.25) is 0 Å². The molecule has 2 aromatic rings. The van der Waals surface area contributed by atoms with Gasteiger partial charge in [-0.05, 0) is 35.9 Å². The van der Waals surface area contributed by atoms with Crippen molar-refractivity contribution >= 4 is 11.7 Å². The molecule has 0 aliphatic rings. The molecule has 3 N–H and O–H groups in total. The Hall–Kier alpha value is -2.40. The van der Waals surface area contributed by atoms with E-state index in [-0.39, 0.29) is 5.91 Å². The maximum atomic E-state index is 12.0. The SMILES string of the molecule is COc1cccc(C(=O)Nc2cc(CN)ccn2)c1. The highest BCUT2D eigenvalue weighted by molar-refractivity contribution is 6.04. The van der Waals surface area contributed by atoms with Crippen LogP contribution in [0.5, 0.6) is 5.75 Å². The van der Waals surface area contributed by atoms with Gasteiger partial charge in [-0.15, -0.1) is 0 Å². The molecule has 98 valence electrons. The highest BCUT2D eigenvalue weighted by atomic mass is 16.5. The maximum Gasteiger partial charge on any atom is 0.256 e. The number of aromatic nitrogens is 1. The summed E-state index contributed by atoms with van der Waals surface area (Å²) in [6.07, 6.45) is 1.61. The van der Waals surface area contributed by atoms with E-state index in [0.29, 0.717) is 23.7 Å². The van der Waals surface area contributed by atoms with E-state index in [1.165, 1.54) is 0 Å². The van der Waals surface area contributed by atoms with Crippen molar-refractivity contribution in [1.29, 1.82) is 0 Å². The van der Waals surface area contributed by atoms with Gasteiger partial charge in [-0.1, -0.05) is 6.07 Å². The minimum atomic E-state index is -0.236. The first-order chi connectivity index (χ1) is 9.22. The van der Waals surface area contributed by atoms with Crippen molar-refractivity contribution in [2.75, 3.05) is 12.4 Å². The standard InChI is InChI=1S/C14H15N3O2/c1-19-12-4-2-3-11(8-12)14(18)17-13-7-10(9-15)5-6-16-13/h2-8H,9,15H2,1H3,(H,16,17,18). The van der Waals surface area contributed by atoms with Crippen LogP contribution in [0, 0.1) is 0 Å². The minimum absolute atomic E-state index is 0.236. The molecule has 0 saturated heterocycles. The van der Waals surface area contributed by atoms with Gasteiger partial charge in [0, 0.05) is 18.3 Å². The van der Waals surface area contributed by atoms with E-state index >= 15 is 0 Å². The largest absolute Gasteiger partial charge is 0.497 e. The first-order valence-electron chi connectivity index (χ1n) is 5.83. The van der Waals surface area contributed by atoms with E-state index in [2.05, 4.69) is 10.3 Å². The first kappa shape index (κ1) is 13.0. The van der Waals surface area contributed by atoms with E-state index < -0.39 is 0 Å². The van der Waals surface area contributed by atoms with E-state index in [0.717, 1.165) is 5.56 Å². The molecule has 0 unspecified atom stereocenters. The fraction of sp³-hybridized carbons (Fsp3) is 0.143. The summed E-state index contributed by atoms with van der Waals surface area (Å²) < 4.78 is 5.08. The number of anilines is 1. The molecule has 1 aromatic heterocycles. The summed E-state index contributed by atoms with van der Waals surface area (Å²) in [6.45, 7) is 0.407. The summed E-state index contributed by atoms with van der Waals surface area (Å²) in [6, 6.07) is 10.5. The molecule has 0 aliphatic heterocycles. The molecule has 0 spiro atoms. The molecule has 1 heterocycles. The summed E-state index contributed by atoms with van der Waals surface area (Å²) >= 11 is 0. The molecule has 0 bridgehead atoms. The summed E-state index contributed by atoms with van der Waals surface area (Å²) in [7, 11) is 1.56. The first-order valence-corrected chi connectivity index (χ1v) is 5.83. The van der Waals surface area contributed by atoms with Crippen LogP contribution in [-0.2, 0) is 6.54 Å². The van der Waals surface area contributed by atoms with Crippen molar-refractivity contribution in [2.24, 2.45) is 5.73 Å². The fourth-order valence-electron chi connectivity index (χ4n) is 1.62. The van der Waals surface area contributed by atoms with Crippen molar-refractivity contribution in [3.63, 3.8) is 0 Å². The number of hydrogen-bond donors (Lipinski definition) is 2. The van der Waals surface area contributed by atoms with Crippen LogP contribution in [0.4, 0.5) is 5.82 Å². The molecule has 0 saturated carbocycles. The van der Waals surface area contributed by atoms with Crippen LogP contribution in [0.1, 0.15) is 15.9 Å². The molecular formula is C14H15N3O2. The third-order valence-electron chi connectivity index (χ3n) is 2.63. The molecule has 0 aliphatic carbocycles. The second-order valence-electron chi connectivity index (χ2n) is 3.94. The number of carbonyl (C=O) groups excluding carboxylic acids is 1. The Morgan fingerprint density at radius 1 is 1.37 bits per heavy atom. The van der Waals surface area contributed by atoms with E-state index in [9.17, 15) is 4.79 Å². The second-order valence-corrected chi connectivity index (χ2v) is 3.94. The zero-order chi connectivity index (χ0) is 13.7. The minimum Gasteiger partial charge on any atom is -0.497 e. The van der Waals surface area contributed by atoms with Crippen molar-refractivity contribution in [2.45, 2.75) is 6.54 Å². The van der Waals surface area contributed by atoms with Gasteiger partial charge in [-0.25, -0.2) is 4.98 Å². The number of nitrogens with zero attached hydrogens (tertiary/aromatic N) is 1. The lowest BCUT2D eigenvalue weighted by molar-refractivity contribution is 0.102. The average molecular weight is 257 g/mol. The fourth-order valence-corrected chi connectivity index (χ4v) is 1.62. The molecule has 0 fully saturated rings. The van der Waals surface area contributed by atoms with Crippen LogP contribution < -0.4 is 15.8 Å². The number of nitrogens with two attached hydrogens (primary N) is 1. The number of benzene rings is 1. The van der Waals surface area contributed by atoms with Gasteiger partial charge in [-0.3, -0.25) is 4.79 Å². The summed E-state index contributed by atoms with van der Waals surface area (Å²) in [5.41, 5.74) is 6.97. The highest BCUT2D eigenvalue weighted by Gasteiger charge is 2.07. The van der Waals surface area contributed by atoms with Crippen LogP contribution in [0.3, 0.4) is 0 Å². The Morgan fingerprint density at radius 2 is 2.21 bits per heavy atom. The van der Waals surface area contributed by atoms with E-state index in [1.807, 2.05) is 0 Å². The smallest absolute Gasteiger partial charge is 0.256 e. The van der Waals surface area contributed by atoms with Crippen LogP contribution >= 0.6 is 0 Å². The summed E-state index contributed by atoms with van der Waals surface area (Å²) in [5, 5.41) is 2.72. The zero-order valence-corrected chi connectivity index (χ0v) is 10.6. The average Bonchev–Trinajstić information content (AvgIpc) is 2.47. The van der Waals surface area contributed by atoms with Crippen LogP contribution in [-0.4, -0.2) is 18.0 Å². The van der Waals surface area contributed by atoms with Gasteiger partial charge in [0.05, 0.1) is 7.11 Å². The van der Waals surface area contributed by atoms with Crippen molar-refractivity contribution < 1.29 is 9.53 Å². The van der Waals surface area contributed by atoms with Crippen molar-refractivity contribution in [3.05, 3.63) is 53.7 Å². The summed E-state index contributed by atoms with van der Waals surface area (Å²) in [4.78, 5) is 16.1. The van der Waals surface area contributed by atoms with Crippen molar-refractivity contribution in [3.8, 4) is 5.75 Å². The Morgan fingerprint density at radius 3 is 2.95 bits per heavy atom. The number of pyridine rings is 1. The Kier molecular flexibility index (Phi) is 4.10. The molecule has 1 amide bonds. The Labute approximate surface area is 111 Å². The number of carbonyl (C=O) groups is 1. The normalized spacial score (nSPS) is 10.0. The summed E-state index contributed by atoms with van der Waals surface area (Å²) in [5.74, 6) is 0.882. The third kappa shape index (κ3) is 3.29. The quantitative estimate of drug-likeness (QED) is 0.875. The third-order valence-corrected chi connectivity index (χ3v) is 2.63. The Balaban J connectivity index is 2.15. The number of amides is 1. The molecule has 5 heteroatoms. The molecule has 1 aromatic carbocycles. The number of nitrogens with one attached hydrogen (secondary N) is 1. The topological polar surface area (TPSA) is 77.2 Å². The van der Waals surface area contributed by atoms with E-state index in [4.69, 9.17) is 10.5 Å². The lowest BCUT2D eigenvalue weighted by Crippen LogP contribution is -2.13. The highest BCUT2D eigenvalue weighted by Crippen LogP contribution is 2.14. The second kappa shape index (κ2) is 5.97. The predicted molar refractivity (Wildman–Crippen MR) is 73.1 cm³/mol. The number of rotatable bonds is 4. The zero-order valence-electron chi connectivity index (χ0n) is 10.6. The maximum absolute atomic E-state index is 12.0. The number of hydrogen-bond acceptors (Lipinski definition) is 4. The lowest BCUT2D eigenvalue weighted by Gasteiger charge is -2.07. The van der Waals surface area contributed by atoms with Gasteiger partial charge in [0.15, 0.2) is 0 Å². The Bertz CT molecular complexity index is 584. The predicted octanol–water partition coefficient (Wildman–Crippen LogP) is 1.80. The number of ether oxygens (including phenoxy) is 1. The van der Waals surface area contributed by atoms with Gasteiger partial charge in [-0.2, -0.15) is 0 Å². The van der Waals surface area contributed by atoms with Crippen LogP contribution in [0.15, 0.2) is 42.6 Å². The van der Waals surface area contributed by atoms with Gasteiger partial charge < -0.3 is 15.8 Å². The van der Waals surface area contributed by atoms with Crippen molar-refractivity contribution in [1.82, 2.24) is 4.98 Å². The van der Waals surface area contributed by atoms with E-state index in [1.54, 1.807) is 49.7 Å². The molecular weight excluding hydrogens is 242 g/mol. The monoisotopic (exact) mass is 257 g/mol. The number of methoxy groups -OCH3 is 1. The van der Waals surface area contributed by atoms with Crippen LogP contribution in [0.25, 0.3) is 0 Å². The molecule has 5 nitrogen and oxygen atoms in total. The molecule has 0 atom stereocenters. The van der Waals surface area contributed by atoms with Gasteiger partial charge in [0.25, 0.3) is 5.91 Å². The molecule has 19 heavy (non-hydrogen) atoms. The van der Waals surface area contributed by atoms with Gasteiger partial charge in [0.2, 0.25) is 0 Å². The molecule has 2 rings (SSSR count). The lowest BCUT2D eigenvalue weighted by atomic mass is 10.2. The van der Waals surface area contributed by atoms with Gasteiger partial charge >= 0.3 is 0 Å². The molecule has 0 radical (unpaired) electrons.